The average molecular weight is 276 g/mol. The van der Waals surface area contributed by atoms with Crippen molar-refractivity contribution in [1.82, 2.24) is 35.7 Å². The zero-order valence-corrected chi connectivity index (χ0v) is 11.2. The second kappa shape index (κ2) is 5.37. The minimum Gasteiger partial charge on any atom is -0.355 e. The molecule has 0 aliphatic carbocycles. The largest absolute Gasteiger partial charge is 0.355 e. The number of fused-ring (bicyclic) bond motifs is 1. The van der Waals surface area contributed by atoms with E-state index in [2.05, 4.69) is 31.1 Å². The summed E-state index contributed by atoms with van der Waals surface area (Å²) in [6.07, 6.45) is 3.27. The van der Waals surface area contributed by atoms with Crippen molar-refractivity contribution in [3.8, 4) is 0 Å². The SMILES string of the molecule is CCNC(=O)C1CNCCN1c1cncc2nnnn12. The maximum absolute atomic E-state index is 12.2. The fourth-order valence-corrected chi connectivity index (χ4v) is 2.36. The molecule has 0 aromatic carbocycles. The number of rotatable bonds is 3. The molecule has 9 heteroatoms. The van der Waals surface area contributed by atoms with Gasteiger partial charge in [0.25, 0.3) is 0 Å². The molecule has 0 bridgehead atoms. The van der Waals surface area contributed by atoms with Gasteiger partial charge in [-0.15, -0.1) is 5.10 Å². The van der Waals surface area contributed by atoms with Gasteiger partial charge in [0, 0.05) is 26.2 Å². The van der Waals surface area contributed by atoms with Crippen LogP contribution in [-0.4, -0.2) is 63.2 Å². The highest BCUT2D eigenvalue weighted by Crippen LogP contribution is 2.17. The molecule has 0 spiro atoms. The van der Waals surface area contributed by atoms with Crippen LogP contribution in [0.2, 0.25) is 0 Å². The van der Waals surface area contributed by atoms with Gasteiger partial charge in [-0.05, 0) is 17.4 Å². The zero-order valence-electron chi connectivity index (χ0n) is 11.2. The number of nitrogens with one attached hydrogen (secondary N) is 2. The van der Waals surface area contributed by atoms with E-state index in [1.807, 2.05) is 11.8 Å². The molecule has 3 rings (SSSR count). The molecule has 1 saturated heterocycles. The number of amides is 1. The van der Waals surface area contributed by atoms with Crippen LogP contribution in [-0.2, 0) is 4.79 Å². The van der Waals surface area contributed by atoms with Gasteiger partial charge in [0.05, 0.1) is 12.4 Å². The highest BCUT2D eigenvalue weighted by atomic mass is 16.2. The van der Waals surface area contributed by atoms with Crippen LogP contribution in [0, 0.1) is 0 Å². The summed E-state index contributed by atoms with van der Waals surface area (Å²) in [5.74, 6) is 0.718. The van der Waals surface area contributed by atoms with Gasteiger partial charge in [-0.25, -0.2) is 0 Å². The van der Waals surface area contributed by atoms with Crippen molar-refractivity contribution in [3.63, 3.8) is 0 Å². The van der Waals surface area contributed by atoms with Gasteiger partial charge in [-0.2, -0.15) is 4.52 Å². The fourth-order valence-electron chi connectivity index (χ4n) is 2.36. The molecule has 2 aromatic rings. The van der Waals surface area contributed by atoms with Gasteiger partial charge in [0.15, 0.2) is 11.5 Å². The van der Waals surface area contributed by atoms with Crippen LogP contribution < -0.4 is 15.5 Å². The minimum absolute atomic E-state index is 0.00947. The van der Waals surface area contributed by atoms with Crippen molar-refractivity contribution in [2.24, 2.45) is 0 Å². The summed E-state index contributed by atoms with van der Waals surface area (Å²) in [7, 11) is 0. The topological polar surface area (TPSA) is 100 Å². The molecule has 1 unspecified atom stereocenters. The molecule has 1 amide bonds. The Morgan fingerprint density at radius 2 is 2.45 bits per heavy atom. The van der Waals surface area contributed by atoms with E-state index in [1.165, 1.54) is 0 Å². The van der Waals surface area contributed by atoms with Crippen LogP contribution in [0.1, 0.15) is 6.92 Å². The normalized spacial score (nSPS) is 19.2. The molecule has 106 valence electrons. The van der Waals surface area contributed by atoms with Crippen molar-refractivity contribution < 1.29 is 4.79 Å². The standard InChI is InChI=1S/C11H16N8O/c1-2-14-11(20)8-5-12-3-4-18(8)10-7-13-6-9-15-16-17-19(9)10/h6-8,12H,2-5H2,1H3,(H,14,20). The lowest BCUT2D eigenvalue weighted by Crippen LogP contribution is -2.58. The quantitative estimate of drug-likeness (QED) is 0.698. The van der Waals surface area contributed by atoms with Gasteiger partial charge >= 0.3 is 0 Å². The van der Waals surface area contributed by atoms with E-state index >= 15 is 0 Å². The van der Waals surface area contributed by atoms with E-state index in [4.69, 9.17) is 0 Å². The number of anilines is 1. The van der Waals surface area contributed by atoms with E-state index in [-0.39, 0.29) is 11.9 Å². The van der Waals surface area contributed by atoms with Crippen molar-refractivity contribution in [3.05, 3.63) is 12.4 Å². The smallest absolute Gasteiger partial charge is 0.244 e. The summed E-state index contributed by atoms with van der Waals surface area (Å²) in [6, 6.07) is -0.291. The first-order valence-corrected chi connectivity index (χ1v) is 6.58. The van der Waals surface area contributed by atoms with Gasteiger partial charge in [-0.1, -0.05) is 0 Å². The van der Waals surface area contributed by atoms with Crippen molar-refractivity contribution in [2.75, 3.05) is 31.1 Å². The first kappa shape index (κ1) is 12.7. The molecule has 0 radical (unpaired) electrons. The predicted octanol–water partition coefficient (Wildman–Crippen LogP) is -1.57. The number of aromatic nitrogens is 5. The van der Waals surface area contributed by atoms with Crippen LogP contribution in [0.5, 0.6) is 0 Å². The third-order valence-electron chi connectivity index (χ3n) is 3.28. The molecule has 2 N–H and O–H groups in total. The number of carbonyl (C=O) groups is 1. The lowest BCUT2D eigenvalue weighted by Gasteiger charge is -2.36. The Balaban J connectivity index is 1.97. The molecule has 9 nitrogen and oxygen atoms in total. The van der Waals surface area contributed by atoms with E-state index in [1.54, 1.807) is 16.9 Å². The Labute approximate surface area is 115 Å². The number of hydrogen-bond acceptors (Lipinski definition) is 7. The zero-order chi connectivity index (χ0) is 13.9. The third kappa shape index (κ3) is 2.16. The molecule has 2 aromatic heterocycles. The van der Waals surface area contributed by atoms with Crippen molar-refractivity contribution in [2.45, 2.75) is 13.0 Å². The maximum Gasteiger partial charge on any atom is 0.244 e. The lowest BCUT2D eigenvalue weighted by molar-refractivity contribution is -0.122. The van der Waals surface area contributed by atoms with E-state index < -0.39 is 0 Å². The number of tetrazole rings is 1. The minimum atomic E-state index is -0.291. The monoisotopic (exact) mass is 276 g/mol. The Hall–Kier alpha value is -2.29. The highest BCUT2D eigenvalue weighted by Gasteiger charge is 2.30. The Bertz CT molecular complexity index is 611. The fraction of sp³-hybridized carbons (Fsp3) is 0.545. The molecule has 1 atom stereocenters. The number of carbonyl (C=O) groups excluding carboxylic acids is 1. The third-order valence-corrected chi connectivity index (χ3v) is 3.28. The lowest BCUT2D eigenvalue weighted by atomic mass is 10.1. The van der Waals surface area contributed by atoms with Crippen molar-refractivity contribution in [1.29, 1.82) is 0 Å². The van der Waals surface area contributed by atoms with Crippen LogP contribution in [0.3, 0.4) is 0 Å². The van der Waals surface area contributed by atoms with Gasteiger partial charge in [0.2, 0.25) is 5.91 Å². The first-order chi connectivity index (χ1) is 9.81. The Kier molecular flexibility index (Phi) is 3.42. The molecule has 20 heavy (non-hydrogen) atoms. The van der Waals surface area contributed by atoms with E-state index in [9.17, 15) is 4.79 Å². The summed E-state index contributed by atoms with van der Waals surface area (Å²) in [5, 5.41) is 17.6. The Morgan fingerprint density at radius 3 is 3.30 bits per heavy atom. The molecular formula is C11H16N8O. The summed E-state index contributed by atoms with van der Waals surface area (Å²) in [6.45, 7) is 4.60. The second-order valence-corrected chi connectivity index (χ2v) is 4.52. The maximum atomic E-state index is 12.2. The van der Waals surface area contributed by atoms with Crippen molar-refractivity contribution >= 4 is 17.4 Å². The average Bonchev–Trinajstić information content (AvgIpc) is 2.96. The molecule has 1 aliphatic rings. The predicted molar refractivity (Wildman–Crippen MR) is 71.3 cm³/mol. The van der Waals surface area contributed by atoms with Crippen LogP contribution >= 0.6 is 0 Å². The van der Waals surface area contributed by atoms with Crippen LogP contribution in [0.4, 0.5) is 5.82 Å². The van der Waals surface area contributed by atoms with Crippen LogP contribution in [0.25, 0.3) is 5.65 Å². The van der Waals surface area contributed by atoms with E-state index in [0.717, 1.165) is 12.4 Å². The second-order valence-electron chi connectivity index (χ2n) is 4.52. The van der Waals surface area contributed by atoms with Gasteiger partial charge in [-0.3, -0.25) is 9.78 Å². The molecule has 1 aliphatic heterocycles. The van der Waals surface area contributed by atoms with Gasteiger partial charge in [0.1, 0.15) is 6.04 Å². The summed E-state index contributed by atoms with van der Waals surface area (Å²) < 4.78 is 1.60. The van der Waals surface area contributed by atoms with E-state index in [0.29, 0.717) is 25.3 Å². The summed E-state index contributed by atoms with van der Waals surface area (Å²) in [4.78, 5) is 18.3. The highest BCUT2D eigenvalue weighted by molar-refractivity contribution is 5.85. The number of nitrogens with zero attached hydrogens (tertiary/aromatic N) is 6. The molecule has 0 saturated carbocycles. The van der Waals surface area contributed by atoms with Crippen LogP contribution in [0.15, 0.2) is 12.4 Å². The molecule has 1 fully saturated rings. The number of piperazine rings is 1. The van der Waals surface area contributed by atoms with Gasteiger partial charge < -0.3 is 15.5 Å². The number of hydrogen-bond donors (Lipinski definition) is 2. The Morgan fingerprint density at radius 1 is 1.55 bits per heavy atom. The summed E-state index contributed by atoms with van der Waals surface area (Å²) in [5.41, 5.74) is 0.565. The molecular weight excluding hydrogens is 260 g/mol. The first-order valence-electron chi connectivity index (χ1n) is 6.58. The molecule has 3 heterocycles. The summed E-state index contributed by atoms with van der Waals surface area (Å²) >= 11 is 0. The number of likely N-dealkylation sites (N-methyl/N-ethyl adjacent to an activating group) is 1.